The van der Waals surface area contributed by atoms with Crippen LogP contribution >= 0.6 is 0 Å². The highest BCUT2D eigenvalue weighted by molar-refractivity contribution is 6.12. The van der Waals surface area contributed by atoms with Crippen LogP contribution in [0.25, 0.3) is 72.5 Å². The van der Waals surface area contributed by atoms with Crippen molar-refractivity contribution in [3.05, 3.63) is 137 Å². The predicted molar refractivity (Wildman–Crippen MR) is 207 cm³/mol. The van der Waals surface area contributed by atoms with Crippen LogP contribution in [-0.4, -0.2) is 34.5 Å². The SMILES string of the molecule is Cc1nc(C)nc(-c2ccc(-n3c4cc(-c5ccc(C#N)cc5C#N)ccc4c4ccc(-c5ccc(C#N)cc5C#N)cc43)c(-c3nc(C)nc(C)n3)c2)n1. The molecule has 0 saturated heterocycles. The maximum atomic E-state index is 10.1. The highest BCUT2D eigenvalue weighted by Crippen LogP contribution is 2.41. The van der Waals surface area contributed by atoms with E-state index >= 15 is 0 Å². The largest absolute Gasteiger partial charge is 0.308 e. The number of nitrogens with zero attached hydrogens (tertiary/aromatic N) is 11. The Morgan fingerprint density at radius 1 is 0.418 bits per heavy atom. The van der Waals surface area contributed by atoms with E-state index in [1.54, 1.807) is 36.4 Å². The standard InChI is InChI=1S/C44H27N11/c1-24-49-25(2)52-43(51-24)32-9-14-40(39(17-32)44-53-26(3)50-27(4)54-44)55-41-18-30(35-10-5-28(20-45)15-33(35)22-47)7-12-37(41)38-13-8-31(19-42(38)55)36-11-6-29(21-46)16-34(36)23-48/h5-19H,1-4H3. The van der Waals surface area contributed by atoms with Crippen molar-refractivity contribution in [2.75, 3.05) is 0 Å². The number of hydrogen-bond acceptors (Lipinski definition) is 10. The molecule has 0 spiro atoms. The van der Waals surface area contributed by atoms with Gasteiger partial charge in [0.15, 0.2) is 11.6 Å². The summed E-state index contributed by atoms with van der Waals surface area (Å²) >= 11 is 0. The lowest BCUT2D eigenvalue weighted by Gasteiger charge is -2.16. The Hall–Kier alpha value is -8.12. The molecule has 0 atom stereocenters. The van der Waals surface area contributed by atoms with Crippen molar-refractivity contribution in [2.24, 2.45) is 0 Å². The zero-order valence-corrected chi connectivity index (χ0v) is 30.1. The molecule has 0 aliphatic heterocycles. The highest BCUT2D eigenvalue weighted by atomic mass is 15.0. The van der Waals surface area contributed by atoms with E-state index in [-0.39, 0.29) is 0 Å². The monoisotopic (exact) mass is 709 g/mol. The molecule has 0 N–H and O–H groups in total. The maximum Gasteiger partial charge on any atom is 0.165 e. The van der Waals surface area contributed by atoms with E-state index in [2.05, 4.69) is 48.8 Å². The number of fused-ring (bicyclic) bond motifs is 3. The van der Waals surface area contributed by atoms with Crippen LogP contribution in [0, 0.1) is 73.0 Å². The molecule has 3 heterocycles. The molecule has 0 aliphatic carbocycles. The van der Waals surface area contributed by atoms with E-state index in [4.69, 9.17) is 9.97 Å². The summed E-state index contributed by atoms with van der Waals surface area (Å²) in [6.45, 7) is 7.31. The van der Waals surface area contributed by atoms with Gasteiger partial charge in [0.1, 0.15) is 23.3 Å². The molecule has 0 saturated carbocycles. The minimum Gasteiger partial charge on any atom is -0.308 e. The first-order valence-electron chi connectivity index (χ1n) is 17.2. The minimum atomic E-state index is 0.386. The van der Waals surface area contributed by atoms with Crippen molar-refractivity contribution in [3.63, 3.8) is 0 Å². The van der Waals surface area contributed by atoms with E-state index in [0.717, 1.165) is 44.2 Å². The van der Waals surface area contributed by atoms with Crippen LogP contribution in [0.15, 0.2) is 91.0 Å². The molecule has 11 nitrogen and oxygen atoms in total. The van der Waals surface area contributed by atoms with Gasteiger partial charge in [0.05, 0.1) is 63.3 Å². The van der Waals surface area contributed by atoms with Gasteiger partial charge < -0.3 is 4.57 Å². The van der Waals surface area contributed by atoms with Gasteiger partial charge in [-0.2, -0.15) is 21.0 Å². The molecule has 0 aliphatic rings. The summed E-state index contributed by atoms with van der Waals surface area (Å²) in [5, 5.41) is 41.1. The predicted octanol–water partition coefficient (Wildman–Crippen LogP) is 8.54. The second-order valence-corrected chi connectivity index (χ2v) is 13.0. The molecule has 8 rings (SSSR count). The number of benzene rings is 5. The molecule has 5 aromatic carbocycles. The Morgan fingerprint density at radius 3 is 1.33 bits per heavy atom. The van der Waals surface area contributed by atoms with Gasteiger partial charge in [-0.3, -0.25) is 0 Å². The van der Waals surface area contributed by atoms with Crippen LogP contribution in [0.2, 0.25) is 0 Å². The van der Waals surface area contributed by atoms with Gasteiger partial charge in [-0.05, 0) is 105 Å². The molecular weight excluding hydrogens is 683 g/mol. The lowest BCUT2D eigenvalue weighted by atomic mass is 9.96. The van der Waals surface area contributed by atoms with Gasteiger partial charge in [0.2, 0.25) is 0 Å². The van der Waals surface area contributed by atoms with Crippen LogP contribution in [0.5, 0.6) is 0 Å². The fraction of sp³-hybridized carbons (Fsp3) is 0.0909. The summed E-state index contributed by atoms with van der Waals surface area (Å²) in [7, 11) is 0. The Kier molecular flexibility index (Phi) is 8.31. The van der Waals surface area contributed by atoms with Crippen molar-refractivity contribution in [1.29, 1.82) is 21.0 Å². The quantitative estimate of drug-likeness (QED) is 0.168. The molecule has 55 heavy (non-hydrogen) atoms. The Morgan fingerprint density at radius 2 is 0.873 bits per heavy atom. The Balaban J connectivity index is 1.48. The van der Waals surface area contributed by atoms with Crippen molar-refractivity contribution >= 4 is 21.8 Å². The third kappa shape index (κ3) is 6.05. The first-order valence-corrected chi connectivity index (χ1v) is 17.2. The van der Waals surface area contributed by atoms with Crippen LogP contribution in [-0.2, 0) is 0 Å². The molecule has 258 valence electrons. The normalized spacial score (nSPS) is 10.8. The van der Waals surface area contributed by atoms with Crippen LogP contribution in [0.3, 0.4) is 0 Å². The molecule has 0 bridgehead atoms. The molecule has 0 unspecified atom stereocenters. The number of nitriles is 4. The summed E-state index contributed by atoms with van der Waals surface area (Å²) in [4.78, 5) is 27.7. The van der Waals surface area contributed by atoms with Crippen LogP contribution < -0.4 is 0 Å². The number of rotatable bonds is 5. The van der Waals surface area contributed by atoms with Crippen molar-refractivity contribution in [3.8, 4) is 75.0 Å². The maximum absolute atomic E-state index is 10.1. The first-order chi connectivity index (χ1) is 26.7. The highest BCUT2D eigenvalue weighted by Gasteiger charge is 2.21. The minimum absolute atomic E-state index is 0.386. The zero-order valence-electron chi connectivity index (χ0n) is 30.1. The van der Waals surface area contributed by atoms with E-state index in [1.807, 2.05) is 82.3 Å². The van der Waals surface area contributed by atoms with E-state index in [1.165, 1.54) is 0 Å². The first kappa shape index (κ1) is 34.0. The smallest absolute Gasteiger partial charge is 0.165 e. The van der Waals surface area contributed by atoms with Crippen molar-refractivity contribution in [2.45, 2.75) is 27.7 Å². The molecule has 0 radical (unpaired) electrons. The summed E-state index contributed by atoms with van der Waals surface area (Å²) < 4.78 is 2.14. The van der Waals surface area contributed by atoms with Gasteiger partial charge in [-0.15, -0.1) is 0 Å². The van der Waals surface area contributed by atoms with E-state index < -0.39 is 0 Å². The van der Waals surface area contributed by atoms with Gasteiger partial charge >= 0.3 is 0 Å². The van der Waals surface area contributed by atoms with Crippen LogP contribution in [0.1, 0.15) is 45.6 Å². The lowest BCUT2D eigenvalue weighted by Crippen LogP contribution is -2.05. The fourth-order valence-corrected chi connectivity index (χ4v) is 7.06. The molecule has 0 amide bonds. The van der Waals surface area contributed by atoms with Gasteiger partial charge in [0.25, 0.3) is 0 Å². The Bertz CT molecular complexity index is 2920. The van der Waals surface area contributed by atoms with Crippen molar-refractivity contribution in [1.82, 2.24) is 34.5 Å². The zero-order chi connectivity index (χ0) is 38.4. The van der Waals surface area contributed by atoms with Crippen molar-refractivity contribution < 1.29 is 0 Å². The number of aryl methyl sites for hydroxylation is 4. The van der Waals surface area contributed by atoms with Gasteiger partial charge in [-0.1, -0.05) is 36.4 Å². The topological polar surface area (TPSA) is 177 Å². The molecule has 0 fully saturated rings. The molecule has 11 heteroatoms. The Labute approximate surface area is 315 Å². The fourth-order valence-electron chi connectivity index (χ4n) is 7.06. The number of aromatic nitrogens is 7. The second-order valence-electron chi connectivity index (χ2n) is 13.0. The van der Waals surface area contributed by atoms with E-state index in [0.29, 0.717) is 73.9 Å². The molecular formula is C44H27N11. The average molecular weight is 710 g/mol. The third-order valence-electron chi connectivity index (χ3n) is 9.38. The third-order valence-corrected chi connectivity index (χ3v) is 9.38. The van der Waals surface area contributed by atoms with E-state index in [9.17, 15) is 21.0 Å². The molecule has 3 aromatic heterocycles. The van der Waals surface area contributed by atoms with Crippen LogP contribution in [0.4, 0.5) is 0 Å². The number of hydrogen-bond donors (Lipinski definition) is 0. The summed E-state index contributed by atoms with van der Waals surface area (Å²) in [6.07, 6.45) is 0. The average Bonchev–Trinajstić information content (AvgIpc) is 3.51. The summed E-state index contributed by atoms with van der Waals surface area (Å²) in [5.74, 6) is 3.30. The lowest BCUT2D eigenvalue weighted by molar-refractivity contribution is 0.924. The van der Waals surface area contributed by atoms with Gasteiger partial charge in [-0.25, -0.2) is 29.9 Å². The van der Waals surface area contributed by atoms with Gasteiger partial charge in [0, 0.05) is 21.9 Å². The second kappa shape index (κ2) is 13.5. The summed E-state index contributed by atoms with van der Waals surface area (Å²) in [6, 6.07) is 37.0. The molecule has 8 aromatic rings. The summed E-state index contributed by atoms with van der Waals surface area (Å²) in [5.41, 5.74) is 8.41.